The Morgan fingerprint density at radius 2 is 2.11 bits per heavy atom. The third-order valence-electron chi connectivity index (χ3n) is 2.93. The maximum Gasteiger partial charge on any atom is 0.0685 e. The van der Waals surface area contributed by atoms with Crippen LogP contribution < -0.4 is 5.32 Å². The van der Waals surface area contributed by atoms with Crippen molar-refractivity contribution in [2.45, 2.75) is 26.9 Å². The molecule has 1 aromatic heterocycles. The van der Waals surface area contributed by atoms with Crippen LogP contribution in [0, 0.1) is 0 Å². The minimum atomic E-state index is 0.758. The molecule has 0 aliphatic heterocycles. The second-order valence-corrected chi connectivity index (χ2v) is 4.55. The minimum Gasteiger partial charge on any atom is -0.313 e. The zero-order valence-electron chi connectivity index (χ0n) is 10.8. The molecule has 0 radical (unpaired) electrons. The first kappa shape index (κ1) is 13.1. The van der Waals surface area contributed by atoms with Crippen molar-refractivity contribution >= 4 is 11.6 Å². The number of benzene rings is 1. The SMILES string of the molecule is CCNCc1ccc(Cl)cc1-c1ccnn1CC. The van der Waals surface area contributed by atoms with Crippen molar-refractivity contribution in [2.75, 3.05) is 6.54 Å². The van der Waals surface area contributed by atoms with E-state index < -0.39 is 0 Å². The molecule has 0 saturated heterocycles. The number of hydrogen-bond acceptors (Lipinski definition) is 2. The summed E-state index contributed by atoms with van der Waals surface area (Å²) in [6.45, 7) is 6.85. The Balaban J connectivity index is 2.44. The zero-order valence-corrected chi connectivity index (χ0v) is 11.5. The molecule has 3 nitrogen and oxygen atoms in total. The van der Waals surface area contributed by atoms with Gasteiger partial charge in [-0.25, -0.2) is 0 Å². The van der Waals surface area contributed by atoms with E-state index in [1.807, 2.05) is 29.1 Å². The number of aromatic nitrogens is 2. The van der Waals surface area contributed by atoms with E-state index >= 15 is 0 Å². The predicted octanol–water partition coefficient (Wildman–Crippen LogP) is 3.33. The van der Waals surface area contributed by atoms with Crippen molar-refractivity contribution in [2.24, 2.45) is 0 Å². The van der Waals surface area contributed by atoms with Gasteiger partial charge >= 0.3 is 0 Å². The van der Waals surface area contributed by atoms with Crippen molar-refractivity contribution in [3.05, 3.63) is 41.0 Å². The maximum absolute atomic E-state index is 6.11. The van der Waals surface area contributed by atoms with E-state index in [0.717, 1.165) is 35.9 Å². The Morgan fingerprint density at radius 1 is 1.28 bits per heavy atom. The second kappa shape index (κ2) is 6.03. The Kier molecular flexibility index (Phi) is 4.39. The summed E-state index contributed by atoms with van der Waals surface area (Å²) in [5.41, 5.74) is 3.52. The van der Waals surface area contributed by atoms with Gasteiger partial charge in [-0.2, -0.15) is 5.10 Å². The van der Waals surface area contributed by atoms with Gasteiger partial charge in [0, 0.05) is 29.9 Å². The van der Waals surface area contributed by atoms with Crippen LogP contribution in [0.3, 0.4) is 0 Å². The molecule has 0 fully saturated rings. The van der Waals surface area contributed by atoms with Crippen molar-refractivity contribution in [1.82, 2.24) is 15.1 Å². The molecule has 0 atom stereocenters. The molecule has 0 spiro atoms. The summed E-state index contributed by atoms with van der Waals surface area (Å²) < 4.78 is 1.99. The molecule has 1 N–H and O–H groups in total. The molecule has 0 unspecified atom stereocenters. The average Bonchev–Trinajstić information content (AvgIpc) is 2.85. The monoisotopic (exact) mass is 263 g/mol. The van der Waals surface area contributed by atoms with Crippen LogP contribution in [0.4, 0.5) is 0 Å². The molecule has 4 heteroatoms. The number of aryl methyl sites for hydroxylation is 1. The van der Waals surface area contributed by atoms with E-state index in [-0.39, 0.29) is 0 Å². The molecule has 2 aromatic rings. The lowest BCUT2D eigenvalue weighted by Crippen LogP contribution is -2.13. The third kappa shape index (κ3) is 2.74. The fourth-order valence-electron chi connectivity index (χ4n) is 2.01. The van der Waals surface area contributed by atoms with Crippen LogP contribution in [-0.2, 0) is 13.1 Å². The summed E-state index contributed by atoms with van der Waals surface area (Å²) in [5.74, 6) is 0. The topological polar surface area (TPSA) is 29.9 Å². The Hall–Kier alpha value is -1.32. The summed E-state index contributed by atoms with van der Waals surface area (Å²) in [7, 11) is 0. The largest absolute Gasteiger partial charge is 0.313 e. The molecular formula is C14H18ClN3. The van der Waals surface area contributed by atoms with E-state index in [4.69, 9.17) is 11.6 Å². The number of rotatable bonds is 5. The van der Waals surface area contributed by atoms with Gasteiger partial charge in [0.05, 0.1) is 5.69 Å². The van der Waals surface area contributed by atoms with Crippen LogP contribution in [0.25, 0.3) is 11.3 Å². The van der Waals surface area contributed by atoms with E-state index in [1.54, 1.807) is 0 Å². The van der Waals surface area contributed by atoms with E-state index in [0.29, 0.717) is 0 Å². The van der Waals surface area contributed by atoms with Gasteiger partial charge in [0.25, 0.3) is 0 Å². The van der Waals surface area contributed by atoms with E-state index in [1.165, 1.54) is 5.56 Å². The molecule has 0 amide bonds. The fraction of sp³-hybridized carbons (Fsp3) is 0.357. The second-order valence-electron chi connectivity index (χ2n) is 4.11. The van der Waals surface area contributed by atoms with Gasteiger partial charge < -0.3 is 5.32 Å². The molecule has 96 valence electrons. The first-order valence-electron chi connectivity index (χ1n) is 6.27. The van der Waals surface area contributed by atoms with Gasteiger partial charge in [-0.15, -0.1) is 0 Å². The maximum atomic E-state index is 6.11. The van der Waals surface area contributed by atoms with E-state index in [9.17, 15) is 0 Å². The van der Waals surface area contributed by atoms with Crippen LogP contribution in [0.15, 0.2) is 30.5 Å². The molecule has 0 bridgehead atoms. The summed E-state index contributed by atoms with van der Waals surface area (Å²) >= 11 is 6.11. The Morgan fingerprint density at radius 3 is 2.83 bits per heavy atom. The Bertz CT molecular complexity index is 520. The van der Waals surface area contributed by atoms with E-state index in [2.05, 4.69) is 30.3 Å². The van der Waals surface area contributed by atoms with Crippen molar-refractivity contribution < 1.29 is 0 Å². The van der Waals surface area contributed by atoms with Gasteiger partial charge in [-0.3, -0.25) is 4.68 Å². The number of halogens is 1. The normalized spacial score (nSPS) is 10.8. The van der Waals surface area contributed by atoms with Gasteiger partial charge in [0.2, 0.25) is 0 Å². The lowest BCUT2D eigenvalue weighted by atomic mass is 10.0. The summed E-state index contributed by atoms with van der Waals surface area (Å²) in [6.07, 6.45) is 1.83. The standard InChI is InChI=1S/C14H18ClN3/c1-3-16-10-11-5-6-12(15)9-13(11)14-7-8-17-18(14)4-2/h5-9,16H,3-4,10H2,1-2H3. The molecule has 1 aromatic carbocycles. The number of nitrogens with zero attached hydrogens (tertiary/aromatic N) is 2. The smallest absolute Gasteiger partial charge is 0.0685 e. The molecule has 0 aliphatic carbocycles. The first-order valence-corrected chi connectivity index (χ1v) is 6.65. The van der Waals surface area contributed by atoms with Crippen LogP contribution in [-0.4, -0.2) is 16.3 Å². The van der Waals surface area contributed by atoms with Crippen molar-refractivity contribution in [3.8, 4) is 11.3 Å². The van der Waals surface area contributed by atoms with Crippen LogP contribution in [0.1, 0.15) is 19.4 Å². The average molecular weight is 264 g/mol. The summed E-state index contributed by atoms with van der Waals surface area (Å²) in [6, 6.07) is 8.06. The number of nitrogens with one attached hydrogen (secondary N) is 1. The summed E-state index contributed by atoms with van der Waals surface area (Å²) in [5, 5.41) is 8.42. The first-order chi connectivity index (χ1) is 8.76. The molecule has 2 rings (SSSR count). The highest BCUT2D eigenvalue weighted by Crippen LogP contribution is 2.27. The van der Waals surface area contributed by atoms with Crippen LogP contribution >= 0.6 is 11.6 Å². The van der Waals surface area contributed by atoms with Crippen LogP contribution in [0.2, 0.25) is 5.02 Å². The zero-order chi connectivity index (χ0) is 13.0. The lowest BCUT2D eigenvalue weighted by Gasteiger charge is -2.12. The summed E-state index contributed by atoms with van der Waals surface area (Å²) in [4.78, 5) is 0. The van der Waals surface area contributed by atoms with Gasteiger partial charge in [-0.05, 0) is 37.2 Å². The molecule has 1 heterocycles. The van der Waals surface area contributed by atoms with Gasteiger partial charge in [0.15, 0.2) is 0 Å². The third-order valence-corrected chi connectivity index (χ3v) is 3.16. The molecule has 18 heavy (non-hydrogen) atoms. The van der Waals surface area contributed by atoms with Crippen LogP contribution in [0.5, 0.6) is 0 Å². The molecule has 0 aliphatic rings. The minimum absolute atomic E-state index is 0.758. The highest BCUT2D eigenvalue weighted by Gasteiger charge is 2.10. The number of hydrogen-bond donors (Lipinski definition) is 1. The highest BCUT2D eigenvalue weighted by atomic mass is 35.5. The molecule has 0 saturated carbocycles. The fourth-order valence-corrected chi connectivity index (χ4v) is 2.19. The molecular weight excluding hydrogens is 246 g/mol. The predicted molar refractivity (Wildman–Crippen MR) is 75.7 cm³/mol. The Labute approximate surface area is 113 Å². The van der Waals surface area contributed by atoms with Crippen molar-refractivity contribution in [3.63, 3.8) is 0 Å². The quantitative estimate of drug-likeness (QED) is 0.897. The highest BCUT2D eigenvalue weighted by molar-refractivity contribution is 6.30. The van der Waals surface area contributed by atoms with Crippen molar-refractivity contribution in [1.29, 1.82) is 0 Å². The lowest BCUT2D eigenvalue weighted by molar-refractivity contribution is 0.665. The van der Waals surface area contributed by atoms with Gasteiger partial charge in [-0.1, -0.05) is 24.6 Å². The van der Waals surface area contributed by atoms with Gasteiger partial charge in [0.1, 0.15) is 0 Å².